The maximum Gasteiger partial charge on any atom is 0.192 e. The molecule has 1 aromatic carbocycles. The first-order valence-corrected chi connectivity index (χ1v) is 6.66. The van der Waals surface area contributed by atoms with Gasteiger partial charge in [0, 0.05) is 10.0 Å². The number of nitrogens with zero attached hydrogens (tertiary/aromatic N) is 2. The predicted molar refractivity (Wildman–Crippen MR) is 77.2 cm³/mol. The van der Waals surface area contributed by atoms with Crippen LogP contribution >= 0.6 is 15.9 Å². The highest BCUT2D eigenvalue weighted by Gasteiger charge is 2.30. The minimum atomic E-state index is -0.850. The van der Waals surface area contributed by atoms with Crippen molar-refractivity contribution in [3.05, 3.63) is 34.3 Å². The number of Topliss-reactive ketones (excluding diaryl/α,β-unsaturated/α-hetero) is 1. The standard InChI is InChI=1S/C14H19BrN2O/c1-13(2,3)16-17-14(4,5)12(18)10-8-6-7-9-11(10)15/h6-9H,1-5H3. The number of ketones is 1. The van der Waals surface area contributed by atoms with E-state index in [0.29, 0.717) is 5.56 Å². The summed E-state index contributed by atoms with van der Waals surface area (Å²) in [5.74, 6) is -0.0389. The normalized spacial score (nSPS) is 13.0. The van der Waals surface area contributed by atoms with Crippen LogP contribution in [0.15, 0.2) is 39.0 Å². The molecule has 0 spiro atoms. The van der Waals surface area contributed by atoms with E-state index < -0.39 is 5.54 Å². The first kappa shape index (κ1) is 15.0. The van der Waals surface area contributed by atoms with Gasteiger partial charge in [0.15, 0.2) is 5.78 Å². The van der Waals surface area contributed by atoms with E-state index in [9.17, 15) is 4.79 Å². The van der Waals surface area contributed by atoms with E-state index in [1.54, 1.807) is 19.9 Å². The monoisotopic (exact) mass is 310 g/mol. The summed E-state index contributed by atoms with van der Waals surface area (Å²) in [5.41, 5.74) is -0.488. The zero-order chi connectivity index (χ0) is 14.0. The van der Waals surface area contributed by atoms with Gasteiger partial charge < -0.3 is 0 Å². The van der Waals surface area contributed by atoms with Crippen molar-refractivity contribution in [1.82, 2.24) is 0 Å². The summed E-state index contributed by atoms with van der Waals surface area (Å²) in [6.07, 6.45) is 0. The van der Waals surface area contributed by atoms with Crippen LogP contribution in [0.25, 0.3) is 0 Å². The first-order chi connectivity index (χ1) is 8.13. The van der Waals surface area contributed by atoms with Crippen LogP contribution < -0.4 is 0 Å². The van der Waals surface area contributed by atoms with Gasteiger partial charge in [-0.25, -0.2) is 0 Å². The van der Waals surface area contributed by atoms with E-state index in [0.717, 1.165) is 4.47 Å². The maximum atomic E-state index is 12.4. The molecule has 0 aromatic heterocycles. The summed E-state index contributed by atoms with van der Waals surface area (Å²) in [4.78, 5) is 12.4. The van der Waals surface area contributed by atoms with Crippen LogP contribution in [0, 0.1) is 0 Å². The topological polar surface area (TPSA) is 41.8 Å². The lowest BCUT2D eigenvalue weighted by Gasteiger charge is -2.20. The van der Waals surface area contributed by atoms with Gasteiger partial charge in [-0.1, -0.05) is 34.1 Å². The highest BCUT2D eigenvalue weighted by Crippen LogP contribution is 2.25. The Kier molecular flexibility index (Phi) is 4.43. The molecule has 98 valence electrons. The van der Waals surface area contributed by atoms with Crippen molar-refractivity contribution in [2.75, 3.05) is 0 Å². The van der Waals surface area contributed by atoms with Gasteiger partial charge in [0.05, 0.1) is 5.54 Å². The molecule has 18 heavy (non-hydrogen) atoms. The summed E-state index contributed by atoms with van der Waals surface area (Å²) >= 11 is 3.39. The molecule has 0 unspecified atom stereocenters. The van der Waals surface area contributed by atoms with Crippen molar-refractivity contribution in [2.45, 2.75) is 45.7 Å². The minimum absolute atomic E-state index is 0.0389. The van der Waals surface area contributed by atoms with E-state index in [-0.39, 0.29) is 11.3 Å². The average molecular weight is 311 g/mol. The van der Waals surface area contributed by atoms with Gasteiger partial charge in [0.1, 0.15) is 5.54 Å². The van der Waals surface area contributed by atoms with Crippen molar-refractivity contribution in [2.24, 2.45) is 10.2 Å². The second-order valence-corrected chi connectivity index (χ2v) is 6.59. The summed E-state index contributed by atoms with van der Waals surface area (Å²) in [7, 11) is 0. The first-order valence-electron chi connectivity index (χ1n) is 5.87. The Morgan fingerprint density at radius 3 is 2.11 bits per heavy atom. The second-order valence-electron chi connectivity index (χ2n) is 5.74. The fourth-order valence-corrected chi connectivity index (χ4v) is 1.76. The molecular weight excluding hydrogens is 292 g/mol. The number of carbonyl (C=O) groups excluding carboxylic acids is 1. The maximum absolute atomic E-state index is 12.4. The Bertz CT molecular complexity index is 473. The van der Waals surface area contributed by atoms with E-state index in [4.69, 9.17) is 0 Å². The van der Waals surface area contributed by atoms with Gasteiger partial charge in [-0.2, -0.15) is 10.2 Å². The third-order valence-corrected chi connectivity index (χ3v) is 2.97. The van der Waals surface area contributed by atoms with E-state index in [1.807, 2.05) is 39.0 Å². The molecule has 0 aliphatic carbocycles. The van der Waals surface area contributed by atoms with Crippen LogP contribution in [0.1, 0.15) is 45.0 Å². The van der Waals surface area contributed by atoms with Crippen LogP contribution in [0.2, 0.25) is 0 Å². The third kappa shape index (κ3) is 4.02. The second kappa shape index (κ2) is 5.31. The molecule has 0 saturated carbocycles. The van der Waals surface area contributed by atoms with Crippen LogP contribution in [0.3, 0.4) is 0 Å². The van der Waals surface area contributed by atoms with Gasteiger partial charge in [-0.15, -0.1) is 0 Å². The molecule has 4 heteroatoms. The Morgan fingerprint density at radius 2 is 1.61 bits per heavy atom. The molecule has 0 aliphatic heterocycles. The highest BCUT2D eigenvalue weighted by molar-refractivity contribution is 9.10. The van der Waals surface area contributed by atoms with Gasteiger partial charge in [-0.05, 0) is 40.7 Å². The third-order valence-electron chi connectivity index (χ3n) is 2.27. The molecule has 0 saturated heterocycles. The Labute approximate surface area is 117 Å². The van der Waals surface area contributed by atoms with Gasteiger partial charge in [0.2, 0.25) is 0 Å². The molecule has 1 rings (SSSR count). The van der Waals surface area contributed by atoms with Gasteiger partial charge in [0.25, 0.3) is 0 Å². The van der Waals surface area contributed by atoms with E-state index in [1.165, 1.54) is 0 Å². The number of hydrogen-bond donors (Lipinski definition) is 0. The van der Waals surface area contributed by atoms with Crippen molar-refractivity contribution in [3.63, 3.8) is 0 Å². The minimum Gasteiger partial charge on any atom is -0.291 e. The summed E-state index contributed by atoms with van der Waals surface area (Å²) in [6, 6.07) is 7.37. The molecule has 0 aliphatic rings. The molecule has 0 atom stereocenters. The van der Waals surface area contributed by atoms with Crippen LogP contribution in [-0.2, 0) is 0 Å². The van der Waals surface area contributed by atoms with Crippen molar-refractivity contribution >= 4 is 21.7 Å². The molecule has 3 nitrogen and oxygen atoms in total. The fraction of sp³-hybridized carbons (Fsp3) is 0.500. The molecule has 0 bridgehead atoms. The largest absolute Gasteiger partial charge is 0.291 e. The lowest BCUT2D eigenvalue weighted by Crippen LogP contribution is -2.30. The lowest BCUT2D eigenvalue weighted by molar-refractivity contribution is 0.0907. The summed E-state index contributed by atoms with van der Waals surface area (Å²) in [6.45, 7) is 9.43. The summed E-state index contributed by atoms with van der Waals surface area (Å²) < 4.78 is 0.786. The lowest BCUT2D eigenvalue weighted by atomic mass is 9.94. The molecule has 1 aromatic rings. The quantitative estimate of drug-likeness (QED) is 0.591. The Morgan fingerprint density at radius 1 is 1.06 bits per heavy atom. The number of benzene rings is 1. The summed E-state index contributed by atoms with van der Waals surface area (Å²) in [5, 5.41) is 8.39. The number of rotatable bonds is 3. The van der Waals surface area contributed by atoms with Crippen molar-refractivity contribution in [3.8, 4) is 0 Å². The predicted octanol–water partition coefficient (Wildman–Crippen LogP) is 4.66. The van der Waals surface area contributed by atoms with Crippen LogP contribution in [-0.4, -0.2) is 16.9 Å². The van der Waals surface area contributed by atoms with E-state index >= 15 is 0 Å². The number of halogens is 1. The molecule has 0 N–H and O–H groups in total. The smallest absolute Gasteiger partial charge is 0.192 e. The van der Waals surface area contributed by atoms with Crippen LogP contribution in [0.5, 0.6) is 0 Å². The Balaban J connectivity index is 3.03. The van der Waals surface area contributed by atoms with Crippen molar-refractivity contribution < 1.29 is 4.79 Å². The number of hydrogen-bond acceptors (Lipinski definition) is 3. The van der Waals surface area contributed by atoms with Gasteiger partial charge >= 0.3 is 0 Å². The molecule has 0 fully saturated rings. The zero-order valence-electron chi connectivity index (χ0n) is 11.5. The molecular formula is C14H19BrN2O. The number of carbonyl (C=O) groups is 1. The SMILES string of the molecule is CC(C)(C)N=NC(C)(C)C(=O)c1ccccc1Br. The zero-order valence-corrected chi connectivity index (χ0v) is 13.1. The fourth-order valence-electron chi connectivity index (χ4n) is 1.30. The molecule has 0 heterocycles. The van der Waals surface area contributed by atoms with Crippen LogP contribution in [0.4, 0.5) is 0 Å². The highest BCUT2D eigenvalue weighted by atomic mass is 79.9. The van der Waals surface area contributed by atoms with E-state index in [2.05, 4.69) is 26.2 Å². The average Bonchev–Trinajstić information content (AvgIpc) is 2.25. The molecule has 0 amide bonds. The van der Waals surface area contributed by atoms with Gasteiger partial charge in [-0.3, -0.25) is 4.79 Å². The van der Waals surface area contributed by atoms with Crippen molar-refractivity contribution in [1.29, 1.82) is 0 Å². The molecule has 0 radical (unpaired) electrons. The number of azo groups is 1. The Hall–Kier alpha value is -1.03.